The molecule has 0 aromatic heterocycles. The number of phenols is 2. The minimum Gasteiger partial charge on any atom is -0.507 e. The van der Waals surface area contributed by atoms with E-state index in [1.807, 2.05) is 0 Å². The standard InChI is InChI=1S/C31H33NO14/c1-12-24(34)16(32)8-19(45-12)46-18-10-31(40,13(2)33)9-15-21(18)28(38)23-22(26(15)36)25(35)14-4-3-5-17(20(14)27(23)37)43-11-44-29(39)30-41-6-7-42-30/h3-5,12,16,18-19,24,30,34,36,38,40H,6-11,32H2,1-2H3/t12?,16?,18-,19?,24?,31-/m0/s1. The van der Waals surface area contributed by atoms with Crippen LogP contribution in [0, 0.1) is 0 Å². The van der Waals surface area contributed by atoms with Crippen LogP contribution in [0.2, 0.25) is 0 Å². The van der Waals surface area contributed by atoms with E-state index in [1.54, 1.807) is 6.92 Å². The number of rotatable bonds is 7. The van der Waals surface area contributed by atoms with Crippen LogP contribution in [-0.4, -0.2) is 100 Å². The fourth-order valence-electron chi connectivity index (χ4n) is 6.32. The number of hydrogen-bond acceptors (Lipinski definition) is 15. The molecule has 2 aliphatic heterocycles. The maximum atomic E-state index is 14.0. The van der Waals surface area contributed by atoms with E-state index < -0.39 is 102 Å². The second-order valence-corrected chi connectivity index (χ2v) is 11.7. The summed E-state index contributed by atoms with van der Waals surface area (Å²) in [5.74, 6) is -4.79. The Morgan fingerprint density at radius 3 is 2.43 bits per heavy atom. The molecule has 2 saturated heterocycles. The van der Waals surface area contributed by atoms with Gasteiger partial charge in [-0.3, -0.25) is 14.4 Å². The molecule has 2 aliphatic carbocycles. The van der Waals surface area contributed by atoms with Crippen LogP contribution in [0.15, 0.2) is 18.2 Å². The van der Waals surface area contributed by atoms with Crippen LogP contribution in [0.25, 0.3) is 0 Å². The number of aromatic hydroxyl groups is 2. The Morgan fingerprint density at radius 1 is 1.07 bits per heavy atom. The monoisotopic (exact) mass is 643 g/mol. The molecule has 246 valence electrons. The van der Waals surface area contributed by atoms with Crippen LogP contribution >= 0.6 is 0 Å². The molecule has 0 amide bonds. The van der Waals surface area contributed by atoms with E-state index in [9.17, 15) is 39.6 Å². The Bertz CT molecular complexity index is 1600. The molecule has 0 radical (unpaired) electrons. The summed E-state index contributed by atoms with van der Waals surface area (Å²) in [7, 11) is 0. The van der Waals surface area contributed by atoms with E-state index in [0.717, 1.165) is 6.92 Å². The highest BCUT2D eigenvalue weighted by Gasteiger charge is 2.49. The van der Waals surface area contributed by atoms with E-state index in [4.69, 9.17) is 34.2 Å². The minimum absolute atomic E-state index is 0.0165. The Balaban J connectivity index is 1.38. The van der Waals surface area contributed by atoms with Crippen LogP contribution in [0.4, 0.5) is 0 Å². The van der Waals surface area contributed by atoms with E-state index in [1.165, 1.54) is 18.2 Å². The van der Waals surface area contributed by atoms with E-state index >= 15 is 0 Å². The normalized spacial score (nSPS) is 29.1. The molecule has 2 aromatic rings. The van der Waals surface area contributed by atoms with Gasteiger partial charge in [0.25, 0.3) is 6.29 Å². The predicted octanol–water partition coefficient (Wildman–Crippen LogP) is 0.273. The summed E-state index contributed by atoms with van der Waals surface area (Å²) < 4.78 is 32.5. The van der Waals surface area contributed by atoms with Gasteiger partial charge < -0.3 is 54.6 Å². The number of hydrogen-bond donors (Lipinski definition) is 5. The fraction of sp³-hybridized carbons (Fsp3) is 0.484. The third-order valence-electron chi connectivity index (χ3n) is 8.81. The van der Waals surface area contributed by atoms with Gasteiger partial charge in [0.2, 0.25) is 12.6 Å². The second-order valence-electron chi connectivity index (χ2n) is 11.7. The number of ketones is 3. The van der Waals surface area contributed by atoms with Gasteiger partial charge in [0.1, 0.15) is 22.8 Å². The van der Waals surface area contributed by atoms with Gasteiger partial charge in [-0.15, -0.1) is 0 Å². The summed E-state index contributed by atoms with van der Waals surface area (Å²) in [6.45, 7) is 2.50. The van der Waals surface area contributed by atoms with Gasteiger partial charge >= 0.3 is 5.97 Å². The lowest BCUT2D eigenvalue weighted by Gasteiger charge is -2.42. The molecule has 6 rings (SSSR count). The first-order valence-electron chi connectivity index (χ1n) is 14.7. The van der Waals surface area contributed by atoms with Crippen molar-refractivity contribution >= 4 is 23.3 Å². The van der Waals surface area contributed by atoms with Crippen LogP contribution in [0.1, 0.15) is 75.8 Å². The summed E-state index contributed by atoms with van der Waals surface area (Å²) in [6, 6.07) is 3.36. The Kier molecular flexibility index (Phi) is 8.35. The minimum atomic E-state index is -2.07. The van der Waals surface area contributed by atoms with Crippen molar-refractivity contribution in [1.29, 1.82) is 0 Å². The number of benzene rings is 2. The zero-order valence-corrected chi connectivity index (χ0v) is 24.9. The van der Waals surface area contributed by atoms with Crippen LogP contribution in [0.5, 0.6) is 17.2 Å². The molecule has 4 unspecified atom stereocenters. The molecule has 6 N–H and O–H groups in total. The molecule has 15 heteroatoms. The average molecular weight is 644 g/mol. The Morgan fingerprint density at radius 2 is 1.76 bits per heavy atom. The van der Waals surface area contributed by atoms with Gasteiger partial charge in [0.05, 0.1) is 48.2 Å². The largest absolute Gasteiger partial charge is 0.507 e. The van der Waals surface area contributed by atoms with Crippen molar-refractivity contribution in [2.24, 2.45) is 5.73 Å². The predicted molar refractivity (Wildman–Crippen MR) is 151 cm³/mol. The summed E-state index contributed by atoms with van der Waals surface area (Å²) in [6.07, 6.45) is -6.16. The van der Waals surface area contributed by atoms with E-state index in [2.05, 4.69) is 0 Å². The highest BCUT2D eigenvalue weighted by Crippen LogP contribution is 2.52. The highest BCUT2D eigenvalue weighted by atomic mass is 16.8. The topological polar surface area (TPSA) is 231 Å². The molecule has 46 heavy (non-hydrogen) atoms. The van der Waals surface area contributed by atoms with Crippen molar-refractivity contribution in [3.05, 3.63) is 51.6 Å². The number of esters is 1. The van der Waals surface area contributed by atoms with Gasteiger partial charge in [0, 0.05) is 42.0 Å². The third-order valence-corrected chi connectivity index (χ3v) is 8.81. The van der Waals surface area contributed by atoms with E-state index in [-0.39, 0.29) is 54.1 Å². The molecule has 2 fully saturated rings. The lowest BCUT2D eigenvalue weighted by molar-refractivity contribution is -0.247. The zero-order valence-electron chi connectivity index (χ0n) is 24.9. The van der Waals surface area contributed by atoms with Crippen molar-refractivity contribution in [1.82, 2.24) is 0 Å². The van der Waals surface area contributed by atoms with Gasteiger partial charge in [-0.25, -0.2) is 4.79 Å². The van der Waals surface area contributed by atoms with Crippen molar-refractivity contribution in [3.63, 3.8) is 0 Å². The number of fused-ring (bicyclic) bond motifs is 3. The molecule has 4 aliphatic rings. The summed E-state index contributed by atoms with van der Waals surface area (Å²) >= 11 is 0. The molecule has 0 spiro atoms. The Hall–Kier alpha value is -3.96. The third kappa shape index (κ3) is 5.33. The van der Waals surface area contributed by atoms with Crippen molar-refractivity contribution in [2.45, 2.75) is 75.6 Å². The Labute approximate surface area is 261 Å². The maximum absolute atomic E-state index is 14.0. The quantitative estimate of drug-likeness (QED) is 0.132. The molecule has 0 saturated carbocycles. The van der Waals surface area contributed by atoms with Gasteiger partial charge in [-0.1, -0.05) is 12.1 Å². The van der Waals surface area contributed by atoms with Gasteiger partial charge in [-0.05, 0) is 19.9 Å². The van der Waals surface area contributed by atoms with E-state index in [0.29, 0.717) is 0 Å². The number of aliphatic hydroxyl groups excluding tert-OH is 1. The lowest BCUT2D eigenvalue weighted by atomic mass is 9.72. The average Bonchev–Trinajstić information content (AvgIpc) is 3.55. The molecular formula is C31H33NO14. The molecular weight excluding hydrogens is 610 g/mol. The molecule has 6 atom stereocenters. The smallest absolute Gasteiger partial charge is 0.366 e. The van der Waals surface area contributed by atoms with Crippen LogP contribution in [-0.2, 0) is 39.7 Å². The second kappa shape index (κ2) is 12.0. The van der Waals surface area contributed by atoms with Crippen molar-refractivity contribution in [3.8, 4) is 17.2 Å². The SMILES string of the molecule is CC(=O)[C@]1(O)Cc2c(O)c3c(c(O)c2[C@@H](OC2CC(N)C(O)C(C)O2)C1)C(=O)c1c(OCOC(=O)C2OCCO2)cccc1C3=O. The molecule has 2 heterocycles. The first-order chi connectivity index (χ1) is 21.8. The first-order valence-corrected chi connectivity index (χ1v) is 14.7. The molecule has 2 aromatic carbocycles. The van der Waals surface area contributed by atoms with Crippen LogP contribution in [0.3, 0.4) is 0 Å². The summed E-state index contributed by atoms with van der Waals surface area (Å²) in [5.41, 5.74) is 2.23. The summed E-state index contributed by atoms with van der Waals surface area (Å²) in [5, 5.41) is 44.7. The first kappa shape index (κ1) is 32.0. The highest BCUT2D eigenvalue weighted by molar-refractivity contribution is 6.31. The fourth-order valence-corrected chi connectivity index (χ4v) is 6.32. The molecule has 15 nitrogen and oxygen atoms in total. The summed E-state index contributed by atoms with van der Waals surface area (Å²) in [4.78, 5) is 52.6. The lowest BCUT2D eigenvalue weighted by Crippen LogP contribution is -2.52. The number of phenolic OH excluding ortho intramolecular Hbond substituents is 2. The number of aliphatic hydroxyl groups is 2. The number of carbonyl (C=O) groups is 4. The maximum Gasteiger partial charge on any atom is 0.366 e. The zero-order chi connectivity index (χ0) is 33.1. The van der Waals surface area contributed by atoms with Gasteiger partial charge in [0.15, 0.2) is 17.9 Å². The molecule has 0 bridgehead atoms. The number of carbonyl (C=O) groups excluding carboxylic acids is 4. The van der Waals surface area contributed by atoms with Crippen molar-refractivity contribution in [2.75, 3.05) is 20.0 Å². The van der Waals surface area contributed by atoms with Crippen molar-refractivity contribution < 1.29 is 68.0 Å². The van der Waals surface area contributed by atoms with Crippen LogP contribution < -0.4 is 10.5 Å². The number of Topliss-reactive ketones (excluding diaryl/α,β-unsaturated/α-hetero) is 1. The number of nitrogens with two attached hydrogens (primary N) is 1. The number of ether oxygens (including phenoxy) is 6. The van der Waals surface area contributed by atoms with Gasteiger partial charge in [-0.2, -0.15) is 0 Å².